The van der Waals surface area contributed by atoms with E-state index in [9.17, 15) is 10.2 Å². The fourth-order valence-electron chi connectivity index (χ4n) is 5.71. The average molecular weight is 551 g/mol. The first-order valence-electron chi connectivity index (χ1n) is 15.4. The molecular formula is C38H46O3. The van der Waals surface area contributed by atoms with Gasteiger partial charge in [0.1, 0.15) is 0 Å². The summed E-state index contributed by atoms with van der Waals surface area (Å²) in [6, 6.07) is 33.1. The second-order valence-corrected chi connectivity index (χ2v) is 11.0. The van der Waals surface area contributed by atoms with E-state index in [1.165, 1.54) is 0 Å². The molecule has 0 aromatic heterocycles. The van der Waals surface area contributed by atoms with E-state index >= 15 is 0 Å². The fraction of sp³-hybridized carbons (Fsp3) is 0.368. The van der Waals surface area contributed by atoms with Crippen LogP contribution in [0.15, 0.2) is 97.1 Å². The molecule has 0 radical (unpaired) electrons. The molecular weight excluding hydrogens is 504 g/mol. The van der Waals surface area contributed by atoms with Crippen LogP contribution in [0.4, 0.5) is 0 Å². The molecule has 3 nitrogen and oxygen atoms in total. The van der Waals surface area contributed by atoms with Crippen LogP contribution in [0, 0.1) is 0 Å². The minimum atomic E-state index is -0.507. The second-order valence-electron chi connectivity index (χ2n) is 11.0. The summed E-state index contributed by atoms with van der Waals surface area (Å²) >= 11 is 0. The predicted molar refractivity (Wildman–Crippen MR) is 170 cm³/mol. The highest BCUT2D eigenvalue weighted by Crippen LogP contribution is 2.36. The molecule has 2 atom stereocenters. The number of rotatable bonds is 16. The third-order valence-corrected chi connectivity index (χ3v) is 7.89. The lowest BCUT2D eigenvalue weighted by molar-refractivity contribution is 0.107. The Bertz CT molecular complexity index is 1210. The van der Waals surface area contributed by atoms with Crippen LogP contribution in [0.2, 0.25) is 0 Å². The van der Waals surface area contributed by atoms with Gasteiger partial charge in [-0.2, -0.15) is 0 Å². The first-order chi connectivity index (χ1) is 20.1. The van der Waals surface area contributed by atoms with Crippen molar-refractivity contribution in [3.63, 3.8) is 0 Å². The molecule has 2 unspecified atom stereocenters. The highest BCUT2D eigenvalue weighted by Gasteiger charge is 2.19. The van der Waals surface area contributed by atoms with Crippen molar-refractivity contribution in [3.05, 3.63) is 119 Å². The smallest absolute Gasteiger partial charge is 0.0796 e. The van der Waals surface area contributed by atoms with Crippen LogP contribution in [0.25, 0.3) is 22.3 Å². The van der Waals surface area contributed by atoms with Gasteiger partial charge < -0.3 is 14.9 Å². The molecule has 0 heterocycles. The van der Waals surface area contributed by atoms with Crippen molar-refractivity contribution in [1.29, 1.82) is 0 Å². The topological polar surface area (TPSA) is 49.7 Å². The summed E-state index contributed by atoms with van der Waals surface area (Å²) in [5, 5.41) is 22.3. The number of unbranched alkanes of at least 4 members (excludes halogenated alkanes) is 4. The Morgan fingerprint density at radius 1 is 0.512 bits per heavy atom. The van der Waals surface area contributed by atoms with E-state index in [4.69, 9.17) is 4.74 Å². The zero-order valence-corrected chi connectivity index (χ0v) is 24.8. The summed E-state index contributed by atoms with van der Waals surface area (Å²) in [5.41, 5.74) is 8.41. The summed E-state index contributed by atoms with van der Waals surface area (Å²) in [5.74, 6) is 0. The standard InChI is InChI=1S/C38H46O3/c1-3-5-9-25-35(39)33-23-15-21-31(37(33)29-17-11-7-12-18-29)27-41-28-32-22-16-24-34(36(40)26-10-6-4-2)38(32)30-19-13-8-14-20-30/h7-8,11-24,35-36,39-40H,3-6,9-10,25-28H2,1-2H3. The van der Waals surface area contributed by atoms with Crippen molar-refractivity contribution in [2.24, 2.45) is 0 Å². The minimum Gasteiger partial charge on any atom is -0.388 e. The summed E-state index contributed by atoms with van der Waals surface area (Å²) in [6.45, 7) is 5.23. The summed E-state index contributed by atoms with van der Waals surface area (Å²) in [6.07, 6.45) is 7.03. The molecule has 3 heteroatoms. The van der Waals surface area contributed by atoms with Gasteiger partial charge in [0, 0.05) is 0 Å². The van der Waals surface area contributed by atoms with Gasteiger partial charge in [0.15, 0.2) is 0 Å². The second kappa shape index (κ2) is 16.3. The molecule has 0 aliphatic carbocycles. The number of benzene rings is 4. The number of hydrogen-bond acceptors (Lipinski definition) is 3. The first-order valence-corrected chi connectivity index (χ1v) is 15.4. The lowest BCUT2D eigenvalue weighted by Crippen LogP contribution is -2.06. The third kappa shape index (κ3) is 8.39. The lowest BCUT2D eigenvalue weighted by atomic mass is 9.89. The molecule has 0 aliphatic heterocycles. The number of aliphatic hydroxyl groups excluding tert-OH is 2. The normalized spacial score (nSPS) is 12.8. The molecule has 0 saturated carbocycles. The van der Waals surface area contributed by atoms with Gasteiger partial charge in [0.05, 0.1) is 25.4 Å². The van der Waals surface area contributed by atoms with Crippen LogP contribution in [0.1, 0.15) is 99.7 Å². The van der Waals surface area contributed by atoms with E-state index in [1.807, 2.05) is 48.5 Å². The zero-order valence-electron chi connectivity index (χ0n) is 24.8. The van der Waals surface area contributed by atoms with Gasteiger partial charge in [-0.05, 0) is 57.3 Å². The maximum Gasteiger partial charge on any atom is 0.0796 e. The van der Waals surface area contributed by atoms with Crippen LogP contribution in [-0.4, -0.2) is 10.2 Å². The van der Waals surface area contributed by atoms with Crippen LogP contribution in [0.3, 0.4) is 0 Å². The molecule has 4 aromatic carbocycles. The lowest BCUT2D eigenvalue weighted by Gasteiger charge is -2.21. The van der Waals surface area contributed by atoms with E-state index in [2.05, 4.69) is 62.4 Å². The van der Waals surface area contributed by atoms with Gasteiger partial charge in [-0.15, -0.1) is 0 Å². The van der Waals surface area contributed by atoms with Gasteiger partial charge in [0.25, 0.3) is 0 Å². The number of aliphatic hydroxyl groups is 2. The highest BCUT2D eigenvalue weighted by atomic mass is 16.5. The quantitative estimate of drug-likeness (QED) is 0.136. The number of ether oxygens (including phenoxy) is 1. The van der Waals surface area contributed by atoms with Crippen molar-refractivity contribution >= 4 is 0 Å². The first kappa shape index (κ1) is 30.7. The number of hydrogen-bond donors (Lipinski definition) is 2. The Kier molecular flexibility index (Phi) is 12.2. The van der Waals surface area contributed by atoms with Crippen LogP contribution < -0.4 is 0 Å². The van der Waals surface area contributed by atoms with Crippen molar-refractivity contribution in [3.8, 4) is 22.3 Å². The molecule has 216 valence electrons. The Hall–Kier alpha value is -3.24. The van der Waals surface area contributed by atoms with Crippen LogP contribution >= 0.6 is 0 Å². The third-order valence-electron chi connectivity index (χ3n) is 7.89. The molecule has 0 aliphatic rings. The van der Waals surface area contributed by atoms with Gasteiger partial charge in [0.2, 0.25) is 0 Å². The van der Waals surface area contributed by atoms with Crippen molar-refractivity contribution in [2.45, 2.75) is 90.6 Å². The Morgan fingerprint density at radius 3 is 1.32 bits per heavy atom. The highest BCUT2D eigenvalue weighted by molar-refractivity contribution is 5.72. The fourth-order valence-corrected chi connectivity index (χ4v) is 5.71. The van der Waals surface area contributed by atoms with Crippen molar-refractivity contribution < 1.29 is 14.9 Å². The average Bonchev–Trinajstić information content (AvgIpc) is 3.01. The van der Waals surface area contributed by atoms with Gasteiger partial charge >= 0.3 is 0 Å². The molecule has 41 heavy (non-hydrogen) atoms. The largest absolute Gasteiger partial charge is 0.388 e. The van der Waals surface area contributed by atoms with Crippen molar-refractivity contribution in [1.82, 2.24) is 0 Å². The Labute approximate surface area is 246 Å². The maximum atomic E-state index is 11.2. The minimum absolute atomic E-state index is 0.428. The van der Waals surface area contributed by atoms with E-state index < -0.39 is 12.2 Å². The Morgan fingerprint density at radius 2 is 0.927 bits per heavy atom. The summed E-state index contributed by atoms with van der Waals surface area (Å²) in [4.78, 5) is 0. The molecule has 0 spiro atoms. The van der Waals surface area contributed by atoms with Gasteiger partial charge in [-0.3, -0.25) is 0 Å². The van der Waals surface area contributed by atoms with Crippen molar-refractivity contribution in [2.75, 3.05) is 0 Å². The molecule has 4 aromatic rings. The van der Waals surface area contributed by atoms with E-state index in [1.54, 1.807) is 0 Å². The molecule has 0 fully saturated rings. The van der Waals surface area contributed by atoms with Gasteiger partial charge in [-0.25, -0.2) is 0 Å². The summed E-state index contributed by atoms with van der Waals surface area (Å²) < 4.78 is 6.43. The molecule has 0 amide bonds. The van der Waals surface area contributed by atoms with Crippen LogP contribution in [0.5, 0.6) is 0 Å². The van der Waals surface area contributed by atoms with Crippen LogP contribution in [-0.2, 0) is 18.0 Å². The predicted octanol–water partition coefficient (Wildman–Crippen LogP) is 9.96. The monoisotopic (exact) mass is 550 g/mol. The summed E-state index contributed by atoms with van der Waals surface area (Å²) in [7, 11) is 0. The molecule has 2 N–H and O–H groups in total. The van der Waals surface area contributed by atoms with Gasteiger partial charge in [-0.1, -0.05) is 149 Å². The van der Waals surface area contributed by atoms with E-state index in [0.717, 1.165) is 95.9 Å². The Balaban J connectivity index is 1.61. The van der Waals surface area contributed by atoms with E-state index in [-0.39, 0.29) is 0 Å². The zero-order chi connectivity index (χ0) is 28.9. The molecule has 0 saturated heterocycles. The van der Waals surface area contributed by atoms with E-state index in [0.29, 0.717) is 13.2 Å². The maximum absolute atomic E-state index is 11.2. The SMILES string of the molecule is CCCCCC(O)c1cccc(COCc2cccc(C(O)CCCCC)c2-c2ccccc2)c1-c1ccccc1. The molecule has 0 bridgehead atoms. The molecule has 4 rings (SSSR count).